The molecule has 144 valence electrons. The van der Waals surface area contributed by atoms with Crippen LogP contribution in [0.5, 0.6) is 0 Å². The van der Waals surface area contributed by atoms with Gasteiger partial charge in [0.25, 0.3) is 11.8 Å². The summed E-state index contributed by atoms with van der Waals surface area (Å²) in [5.74, 6) is -1.93. The number of nitrogens with zero attached hydrogens (tertiary/aromatic N) is 2. The number of halogens is 2. The Morgan fingerprint density at radius 1 is 1.00 bits per heavy atom. The molecule has 2 heterocycles. The fourth-order valence-electron chi connectivity index (χ4n) is 3.01. The molecule has 2 amide bonds. The van der Waals surface area contributed by atoms with Crippen LogP contribution in [0.2, 0.25) is 0 Å². The maximum Gasteiger partial charge on any atom is 0.270 e. The van der Waals surface area contributed by atoms with E-state index in [0.29, 0.717) is 5.69 Å². The van der Waals surface area contributed by atoms with Crippen LogP contribution in [0, 0.1) is 5.82 Å². The molecule has 4 rings (SSSR count). The highest BCUT2D eigenvalue weighted by Gasteiger charge is 2.35. The quantitative estimate of drug-likeness (QED) is 0.355. The van der Waals surface area contributed by atoms with Crippen molar-refractivity contribution in [2.45, 2.75) is 0 Å². The molecule has 0 atom stereocenters. The highest BCUT2D eigenvalue weighted by Crippen LogP contribution is 2.25. The smallest absolute Gasteiger partial charge is 0.270 e. The maximum absolute atomic E-state index is 14.2. The zero-order valence-electron chi connectivity index (χ0n) is 14.8. The average Bonchev–Trinajstić information content (AvgIpc) is 3.15. The molecule has 0 aliphatic carbocycles. The molecular weight excluding hydrogens is 457 g/mol. The van der Waals surface area contributed by atoms with Crippen molar-refractivity contribution in [3.63, 3.8) is 0 Å². The topological polar surface area (TPSA) is 54.3 Å². The Morgan fingerprint density at radius 2 is 1.72 bits per heavy atom. The number of benzene rings is 2. The second-order valence-corrected chi connectivity index (χ2v) is 7.49. The molecule has 8 heteroatoms. The molecule has 29 heavy (non-hydrogen) atoms. The normalized spacial score (nSPS) is 15.7. The molecule has 0 unspecified atom stereocenters. The van der Waals surface area contributed by atoms with Crippen molar-refractivity contribution >= 4 is 56.8 Å². The third-order valence-corrected chi connectivity index (χ3v) is 5.19. The summed E-state index contributed by atoms with van der Waals surface area (Å²) in [6.07, 6.45) is 3.29. The van der Waals surface area contributed by atoms with Gasteiger partial charge in [0.15, 0.2) is 5.11 Å². The molecule has 1 fully saturated rings. The lowest BCUT2D eigenvalue weighted by molar-refractivity contribution is -0.122. The summed E-state index contributed by atoms with van der Waals surface area (Å²) in [5, 5.41) is 2.30. The number of rotatable bonds is 3. The van der Waals surface area contributed by atoms with Gasteiger partial charge < -0.3 is 4.57 Å². The van der Waals surface area contributed by atoms with E-state index in [1.54, 1.807) is 18.2 Å². The lowest BCUT2D eigenvalue weighted by Gasteiger charge is -2.29. The number of nitrogens with one attached hydrogen (secondary N) is 1. The first-order valence-corrected chi connectivity index (χ1v) is 9.75. The van der Waals surface area contributed by atoms with Crippen LogP contribution in [0.1, 0.15) is 5.69 Å². The largest absolute Gasteiger partial charge is 0.317 e. The summed E-state index contributed by atoms with van der Waals surface area (Å²) in [6, 6.07) is 16.9. The van der Waals surface area contributed by atoms with Crippen LogP contribution in [-0.4, -0.2) is 21.5 Å². The van der Waals surface area contributed by atoms with Gasteiger partial charge in [0.05, 0.1) is 5.69 Å². The van der Waals surface area contributed by atoms with Gasteiger partial charge in [-0.15, -0.1) is 0 Å². The van der Waals surface area contributed by atoms with Crippen LogP contribution < -0.4 is 10.2 Å². The highest BCUT2D eigenvalue weighted by atomic mass is 79.9. The first kappa shape index (κ1) is 19.2. The van der Waals surface area contributed by atoms with Gasteiger partial charge in [0, 0.05) is 22.1 Å². The van der Waals surface area contributed by atoms with Gasteiger partial charge in [0.1, 0.15) is 11.4 Å². The molecule has 0 spiro atoms. The number of aromatic nitrogens is 1. The van der Waals surface area contributed by atoms with E-state index in [1.165, 1.54) is 24.3 Å². The lowest BCUT2D eigenvalue weighted by Crippen LogP contribution is -2.54. The average molecular weight is 470 g/mol. The third-order valence-electron chi connectivity index (χ3n) is 4.37. The van der Waals surface area contributed by atoms with Crippen LogP contribution in [0.3, 0.4) is 0 Å². The Morgan fingerprint density at radius 3 is 2.45 bits per heavy atom. The standard InChI is InChI=1S/C21H13BrFN3O2S/c22-13-7-9-14(10-8-13)25-11-3-4-15(25)12-16-19(27)24-21(29)26(20(16)28)18-6-2-1-5-17(18)23/h1-12H,(H,24,27,29). The van der Waals surface area contributed by atoms with E-state index in [9.17, 15) is 14.0 Å². The zero-order valence-corrected chi connectivity index (χ0v) is 17.2. The molecule has 0 radical (unpaired) electrons. The van der Waals surface area contributed by atoms with Crippen molar-refractivity contribution in [3.05, 3.63) is 88.4 Å². The maximum atomic E-state index is 14.2. The minimum atomic E-state index is -0.688. The van der Waals surface area contributed by atoms with Crippen LogP contribution >= 0.6 is 28.1 Å². The Kier molecular flexibility index (Phi) is 5.12. The summed E-state index contributed by atoms with van der Waals surface area (Å²) in [5.41, 5.74) is 1.32. The number of carbonyl (C=O) groups is 2. The number of hydrogen-bond acceptors (Lipinski definition) is 3. The molecule has 0 bridgehead atoms. The molecule has 1 saturated heterocycles. The highest BCUT2D eigenvalue weighted by molar-refractivity contribution is 9.10. The van der Waals surface area contributed by atoms with Crippen molar-refractivity contribution in [3.8, 4) is 5.69 Å². The summed E-state index contributed by atoms with van der Waals surface area (Å²) in [7, 11) is 0. The van der Waals surface area contributed by atoms with Gasteiger partial charge in [-0.2, -0.15) is 0 Å². The van der Waals surface area contributed by atoms with Gasteiger partial charge >= 0.3 is 0 Å². The third kappa shape index (κ3) is 3.64. The molecule has 5 nitrogen and oxygen atoms in total. The van der Waals surface area contributed by atoms with Gasteiger partial charge in [-0.05, 0) is 66.8 Å². The fourth-order valence-corrected chi connectivity index (χ4v) is 3.54. The van der Waals surface area contributed by atoms with Gasteiger partial charge in [0.2, 0.25) is 0 Å². The zero-order chi connectivity index (χ0) is 20.5. The van der Waals surface area contributed by atoms with E-state index < -0.39 is 17.6 Å². The van der Waals surface area contributed by atoms with Gasteiger partial charge in [-0.3, -0.25) is 14.9 Å². The predicted octanol–water partition coefficient (Wildman–Crippen LogP) is 4.21. The van der Waals surface area contributed by atoms with Gasteiger partial charge in [-0.25, -0.2) is 9.29 Å². The Labute approximate surface area is 179 Å². The first-order valence-electron chi connectivity index (χ1n) is 8.55. The minimum Gasteiger partial charge on any atom is -0.317 e. The number of para-hydroxylation sites is 1. The van der Waals surface area contributed by atoms with Crippen LogP contribution in [-0.2, 0) is 9.59 Å². The molecular formula is C21H13BrFN3O2S. The Balaban J connectivity index is 1.76. The molecule has 1 aliphatic heterocycles. The number of hydrogen-bond donors (Lipinski definition) is 1. The molecule has 3 aromatic rings. The van der Waals surface area contributed by atoms with E-state index in [2.05, 4.69) is 21.2 Å². The number of thiocarbonyl (C=S) groups is 1. The van der Waals surface area contributed by atoms with Crippen LogP contribution in [0.25, 0.3) is 11.8 Å². The summed E-state index contributed by atoms with van der Waals surface area (Å²) in [4.78, 5) is 26.5. The van der Waals surface area contributed by atoms with E-state index >= 15 is 0 Å². The van der Waals surface area contributed by atoms with Gasteiger partial charge in [-0.1, -0.05) is 28.1 Å². The summed E-state index contributed by atoms with van der Waals surface area (Å²) in [6.45, 7) is 0. The second-order valence-electron chi connectivity index (χ2n) is 6.19. The van der Waals surface area contributed by atoms with Crippen molar-refractivity contribution in [2.75, 3.05) is 4.90 Å². The van der Waals surface area contributed by atoms with Crippen LogP contribution in [0.4, 0.5) is 10.1 Å². The molecule has 2 aromatic carbocycles. The number of anilines is 1. The lowest BCUT2D eigenvalue weighted by atomic mass is 10.1. The monoisotopic (exact) mass is 469 g/mol. The fraction of sp³-hybridized carbons (Fsp3) is 0. The minimum absolute atomic E-state index is 0.0170. The predicted molar refractivity (Wildman–Crippen MR) is 116 cm³/mol. The molecule has 1 aromatic heterocycles. The van der Waals surface area contributed by atoms with E-state index in [0.717, 1.165) is 15.1 Å². The summed E-state index contributed by atoms with van der Waals surface area (Å²) < 4.78 is 17.0. The molecule has 0 saturated carbocycles. The second kappa shape index (κ2) is 7.73. The van der Waals surface area contributed by atoms with Crippen molar-refractivity contribution in [1.82, 2.24) is 9.88 Å². The van der Waals surface area contributed by atoms with Crippen molar-refractivity contribution in [2.24, 2.45) is 0 Å². The van der Waals surface area contributed by atoms with E-state index in [-0.39, 0.29) is 16.4 Å². The SMILES string of the molecule is O=C1NC(=S)N(c2ccccc2F)C(=O)C1=Cc1cccn1-c1ccc(Br)cc1. The molecule has 1 N–H and O–H groups in total. The van der Waals surface area contributed by atoms with E-state index in [1.807, 2.05) is 35.0 Å². The number of amides is 2. The summed E-state index contributed by atoms with van der Waals surface area (Å²) >= 11 is 8.50. The first-order chi connectivity index (χ1) is 14.0. The van der Waals surface area contributed by atoms with E-state index in [4.69, 9.17) is 12.2 Å². The van der Waals surface area contributed by atoms with Crippen molar-refractivity contribution < 1.29 is 14.0 Å². The number of carbonyl (C=O) groups excluding carboxylic acids is 2. The molecule has 1 aliphatic rings. The Hall–Kier alpha value is -3.10. The van der Waals surface area contributed by atoms with Crippen molar-refractivity contribution in [1.29, 1.82) is 0 Å². The Bertz CT molecular complexity index is 1170. The van der Waals surface area contributed by atoms with Crippen LogP contribution in [0.15, 0.2) is 76.9 Å².